The number of aryl methyl sites for hydroxylation is 1. The van der Waals surface area contributed by atoms with Gasteiger partial charge in [-0.3, -0.25) is 4.79 Å². The molecule has 0 spiro atoms. The minimum absolute atomic E-state index is 0.0531. The summed E-state index contributed by atoms with van der Waals surface area (Å²) in [5.74, 6) is 1.11. The van der Waals surface area contributed by atoms with Gasteiger partial charge in [0.15, 0.2) is 11.5 Å². The van der Waals surface area contributed by atoms with Crippen molar-refractivity contribution in [2.75, 3.05) is 11.9 Å². The number of aromatic nitrogens is 3. The minimum atomic E-state index is -0.472. The maximum absolute atomic E-state index is 12.9. The Hall–Kier alpha value is -2.51. The fourth-order valence-corrected chi connectivity index (χ4v) is 2.92. The Morgan fingerprint density at radius 3 is 2.83 bits per heavy atom. The van der Waals surface area contributed by atoms with E-state index in [4.69, 9.17) is 4.52 Å². The number of hydrogen-bond acceptors (Lipinski definition) is 6. The van der Waals surface area contributed by atoms with Gasteiger partial charge in [-0.25, -0.2) is 14.4 Å². The molecule has 4 rings (SSSR count). The monoisotopic (exact) mass is 331 g/mol. The first kappa shape index (κ1) is 15.0. The standard InChI is InChI=1S/C16H18FN5O2/c17-10-7-19-16(20-8-10)21-11-3-4-13-12(5-11)14(22-24-13)15(23)18-6-9-1-2-9/h7-9,11H,1-6H2,(H,18,23)(H,19,20,21). The van der Waals surface area contributed by atoms with Gasteiger partial charge in [-0.2, -0.15) is 0 Å². The smallest absolute Gasteiger partial charge is 0.273 e. The van der Waals surface area contributed by atoms with E-state index in [9.17, 15) is 9.18 Å². The zero-order valence-electron chi connectivity index (χ0n) is 13.1. The Morgan fingerprint density at radius 2 is 2.08 bits per heavy atom. The van der Waals surface area contributed by atoms with Gasteiger partial charge in [0.2, 0.25) is 5.95 Å². The number of amides is 1. The van der Waals surface area contributed by atoms with E-state index in [2.05, 4.69) is 25.8 Å². The Morgan fingerprint density at radius 1 is 1.29 bits per heavy atom. The maximum atomic E-state index is 12.9. The van der Waals surface area contributed by atoms with Crippen molar-refractivity contribution in [3.05, 3.63) is 35.2 Å². The zero-order valence-corrected chi connectivity index (χ0v) is 13.1. The second-order valence-electron chi connectivity index (χ2n) is 6.40. The molecule has 0 aliphatic heterocycles. The molecule has 8 heteroatoms. The summed E-state index contributed by atoms with van der Waals surface area (Å²) in [7, 11) is 0. The van der Waals surface area contributed by atoms with Crippen LogP contribution >= 0.6 is 0 Å². The summed E-state index contributed by atoms with van der Waals surface area (Å²) >= 11 is 0. The molecule has 0 radical (unpaired) electrons. The van der Waals surface area contributed by atoms with Crippen molar-refractivity contribution in [2.24, 2.45) is 5.92 Å². The lowest BCUT2D eigenvalue weighted by molar-refractivity contribution is 0.0942. The average Bonchev–Trinajstić information content (AvgIpc) is 3.33. The molecule has 2 aromatic heterocycles. The number of rotatable bonds is 5. The number of halogens is 1. The van der Waals surface area contributed by atoms with Crippen LogP contribution in [0.5, 0.6) is 0 Å². The van der Waals surface area contributed by atoms with Crippen molar-refractivity contribution in [1.29, 1.82) is 0 Å². The lowest BCUT2D eigenvalue weighted by atomic mass is 9.92. The molecule has 1 unspecified atom stereocenters. The van der Waals surface area contributed by atoms with Crippen molar-refractivity contribution in [1.82, 2.24) is 20.4 Å². The summed E-state index contributed by atoms with van der Waals surface area (Å²) in [5, 5.41) is 10.0. The van der Waals surface area contributed by atoms with Gasteiger partial charge in [0, 0.05) is 24.6 Å². The fraction of sp³-hybridized carbons (Fsp3) is 0.500. The van der Waals surface area contributed by atoms with E-state index in [1.54, 1.807) is 0 Å². The Balaban J connectivity index is 1.44. The predicted octanol–water partition coefficient (Wildman–Crippen LogP) is 1.71. The van der Waals surface area contributed by atoms with Crippen LogP contribution in [0, 0.1) is 11.7 Å². The van der Waals surface area contributed by atoms with Crippen LogP contribution in [0.2, 0.25) is 0 Å². The molecule has 1 fully saturated rings. The maximum Gasteiger partial charge on any atom is 0.273 e. The van der Waals surface area contributed by atoms with Gasteiger partial charge in [0.25, 0.3) is 5.91 Å². The molecule has 1 amide bonds. The summed E-state index contributed by atoms with van der Waals surface area (Å²) in [6, 6.07) is 0.0531. The topological polar surface area (TPSA) is 92.9 Å². The molecule has 1 atom stereocenters. The lowest BCUT2D eigenvalue weighted by Gasteiger charge is -2.22. The highest BCUT2D eigenvalue weighted by atomic mass is 19.1. The van der Waals surface area contributed by atoms with Crippen LogP contribution in [0.1, 0.15) is 41.1 Å². The minimum Gasteiger partial charge on any atom is -0.360 e. The third-order valence-corrected chi connectivity index (χ3v) is 4.46. The van der Waals surface area contributed by atoms with Crippen LogP contribution in [0.15, 0.2) is 16.9 Å². The molecular formula is C16H18FN5O2. The van der Waals surface area contributed by atoms with Crippen molar-refractivity contribution in [3.63, 3.8) is 0 Å². The number of hydrogen-bond donors (Lipinski definition) is 2. The first-order valence-corrected chi connectivity index (χ1v) is 8.18. The van der Waals surface area contributed by atoms with E-state index in [-0.39, 0.29) is 11.9 Å². The van der Waals surface area contributed by atoms with Crippen LogP contribution in [-0.2, 0) is 12.8 Å². The molecule has 0 saturated heterocycles. The zero-order chi connectivity index (χ0) is 16.5. The Kier molecular flexibility index (Phi) is 3.87. The molecule has 2 N–H and O–H groups in total. The van der Waals surface area contributed by atoms with Gasteiger partial charge in [0.05, 0.1) is 12.4 Å². The highest BCUT2D eigenvalue weighted by Crippen LogP contribution is 2.28. The van der Waals surface area contributed by atoms with E-state index in [1.165, 1.54) is 12.8 Å². The molecular weight excluding hydrogens is 313 g/mol. The molecule has 0 bridgehead atoms. The summed E-state index contributed by atoms with van der Waals surface area (Å²) in [6.07, 6.45) is 6.72. The summed E-state index contributed by atoms with van der Waals surface area (Å²) in [5.41, 5.74) is 1.21. The second kappa shape index (κ2) is 6.18. The van der Waals surface area contributed by atoms with Gasteiger partial charge in [-0.05, 0) is 31.6 Å². The molecule has 2 aliphatic carbocycles. The highest BCUT2D eigenvalue weighted by molar-refractivity contribution is 5.93. The molecule has 2 aromatic rings. The van der Waals surface area contributed by atoms with Crippen molar-refractivity contribution in [3.8, 4) is 0 Å². The Labute approximate surface area is 138 Å². The van der Waals surface area contributed by atoms with E-state index in [0.29, 0.717) is 36.9 Å². The van der Waals surface area contributed by atoms with Crippen LogP contribution < -0.4 is 10.6 Å². The number of nitrogens with zero attached hydrogens (tertiary/aromatic N) is 3. The number of nitrogens with one attached hydrogen (secondary N) is 2. The average molecular weight is 331 g/mol. The Bertz CT molecular complexity index is 741. The van der Waals surface area contributed by atoms with Gasteiger partial charge in [-0.1, -0.05) is 5.16 Å². The molecule has 7 nitrogen and oxygen atoms in total. The van der Waals surface area contributed by atoms with E-state index < -0.39 is 5.82 Å². The summed E-state index contributed by atoms with van der Waals surface area (Å²) in [4.78, 5) is 20.1. The van der Waals surface area contributed by atoms with Crippen molar-refractivity contribution < 1.29 is 13.7 Å². The van der Waals surface area contributed by atoms with E-state index in [1.807, 2.05) is 0 Å². The van der Waals surface area contributed by atoms with Crippen LogP contribution in [0.4, 0.5) is 10.3 Å². The molecule has 126 valence electrons. The third-order valence-electron chi connectivity index (χ3n) is 4.46. The third kappa shape index (κ3) is 3.22. The summed E-state index contributed by atoms with van der Waals surface area (Å²) < 4.78 is 18.2. The lowest BCUT2D eigenvalue weighted by Crippen LogP contribution is -2.31. The number of carbonyl (C=O) groups excluding carboxylic acids is 1. The van der Waals surface area contributed by atoms with Crippen molar-refractivity contribution in [2.45, 2.75) is 38.1 Å². The largest absolute Gasteiger partial charge is 0.360 e. The van der Waals surface area contributed by atoms with E-state index in [0.717, 1.165) is 30.1 Å². The molecule has 1 saturated carbocycles. The number of carbonyl (C=O) groups is 1. The quantitative estimate of drug-likeness (QED) is 0.866. The molecule has 24 heavy (non-hydrogen) atoms. The molecule has 2 aliphatic rings. The number of anilines is 1. The molecule has 2 heterocycles. The van der Waals surface area contributed by atoms with Crippen LogP contribution in [-0.4, -0.2) is 33.6 Å². The van der Waals surface area contributed by atoms with Gasteiger partial charge >= 0.3 is 0 Å². The second-order valence-corrected chi connectivity index (χ2v) is 6.40. The van der Waals surface area contributed by atoms with Gasteiger partial charge in [-0.15, -0.1) is 0 Å². The van der Waals surface area contributed by atoms with Gasteiger partial charge < -0.3 is 15.2 Å². The first-order chi connectivity index (χ1) is 11.7. The van der Waals surface area contributed by atoms with E-state index >= 15 is 0 Å². The molecule has 0 aromatic carbocycles. The van der Waals surface area contributed by atoms with Crippen LogP contribution in [0.3, 0.4) is 0 Å². The van der Waals surface area contributed by atoms with Crippen LogP contribution in [0.25, 0.3) is 0 Å². The predicted molar refractivity (Wildman–Crippen MR) is 83.0 cm³/mol. The van der Waals surface area contributed by atoms with Gasteiger partial charge in [0.1, 0.15) is 5.76 Å². The normalized spacial score (nSPS) is 19.6. The summed E-state index contributed by atoms with van der Waals surface area (Å²) in [6.45, 7) is 0.700. The highest BCUT2D eigenvalue weighted by Gasteiger charge is 2.30. The number of fused-ring (bicyclic) bond motifs is 1. The SMILES string of the molecule is O=C(NCC1CC1)c1noc2c1CC(Nc1ncc(F)cn1)CC2. The van der Waals surface area contributed by atoms with Crippen molar-refractivity contribution >= 4 is 11.9 Å². The fourth-order valence-electron chi connectivity index (χ4n) is 2.92. The first-order valence-electron chi connectivity index (χ1n) is 8.18.